The fourth-order valence-electron chi connectivity index (χ4n) is 2.24. The first-order valence-electron chi connectivity index (χ1n) is 7.30. The molecule has 2 rings (SSSR count). The van der Waals surface area contributed by atoms with Crippen LogP contribution >= 0.6 is 11.8 Å². The Morgan fingerprint density at radius 1 is 1.35 bits per heavy atom. The average molecular weight is 293 g/mol. The molecular weight excluding hydrogens is 270 g/mol. The first kappa shape index (κ1) is 15.4. The maximum Gasteiger partial charge on any atom is 0.220 e. The fraction of sp³-hybridized carbons (Fsp3) is 0.562. The van der Waals surface area contributed by atoms with E-state index in [0.717, 1.165) is 44.1 Å². The summed E-state index contributed by atoms with van der Waals surface area (Å²) in [6, 6.07) is 10.4. The molecule has 1 amide bonds. The first-order chi connectivity index (χ1) is 9.84. The molecule has 20 heavy (non-hydrogen) atoms. The summed E-state index contributed by atoms with van der Waals surface area (Å²) in [7, 11) is 0. The van der Waals surface area contributed by atoms with Gasteiger partial charge in [-0.15, -0.1) is 0 Å². The zero-order valence-electron chi connectivity index (χ0n) is 11.8. The standard InChI is InChI=1S/C16H23NO2S/c18-16(17-9-6-14-7-10-19-12-14)8-11-20-13-15-4-2-1-3-5-15/h1-5,14H,6-13H2,(H,17,18). The van der Waals surface area contributed by atoms with Crippen LogP contribution in [0.2, 0.25) is 0 Å². The molecular formula is C16H23NO2S. The summed E-state index contributed by atoms with van der Waals surface area (Å²) in [6.07, 6.45) is 2.80. The smallest absolute Gasteiger partial charge is 0.220 e. The average Bonchev–Trinajstić information content (AvgIpc) is 2.98. The molecule has 1 heterocycles. The Kier molecular flexibility index (Phi) is 6.95. The minimum Gasteiger partial charge on any atom is -0.381 e. The van der Waals surface area contributed by atoms with Gasteiger partial charge < -0.3 is 10.1 Å². The second-order valence-electron chi connectivity index (χ2n) is 5.16. The van der Waals surface area contributed by atoms with Crippen molar-refractivity contribution in [2.45, 2.75) is 25.0 Å². The van der Waals surface area contributed by atoms with Gasteiger partial charge >= 0.3 is 0 Å². The minimum atomic E-state index is 0.171. The van der Waals surface area contributed by atoms with E-state index in [1.54, 1.807) is 0 Å². The van der Waals surface area contributed by atoms with E-state index in [9.17, 15) is 4.79 Å². The summed E-state index contributed by atoms with van der Waals surface area (Å²) >= 11 is 1.81. The van der Waals surface area contributed by atoms with Crippen LogP contribution in [-0.2, 0) is 15.3 Å². The summed E-state index contributed by atoms with van der Waals surface area (Å²) in [6.45, 7) is 2.54. The number of carbonyl (C=O) groups excluding carboxylic acids is 1. The van der Waals surface area contributed by atoms with Gasteiger partial charge in [-0.3, -0.25) is 4.79 Å². The molecule has 110 valence electrons. The molecule has 1 aliphatic heterocycles. The van der Waals surface area contributed by atoms with Crippen molar-refractivity contribution in [2.75, 3.05) is 25.5 Å². The van der Waals surface area contributed by atoms with Crippen molar-refractivity contribution in [1.82, 2.24) is 5.32 Å². The first-order valence-corrected chi connectivity index (χ1v) is 8.46. The Bertz CT molecular complexity index is 391. The zero-order chi connectivity index (χ0) is 14.0. The monoisotopic (exact) mass is 293 g/mol. The molecule has 1 N–H and O–H groups in total. The lowest BCUT2D eigenvalue weighted by Gasteiger charge is -2.08. The van der Waals surface area contributed by atoms with Crippen LogP contribution in [0, 0.1) is 5.92 Å². The van der Waals surface area contributed by atoms with Crippen LogP contribution in [0.5, 0.6) is 0 Å². The molecule has 3 nitrogen and oxygen atoms in total. The Labute approximate surface area is 125 Å². The predicted molar refractivity (Wildman–Crippen MR) is 83.8 cm³/mol. The molecule has 1 atom stereocenters. The molecule has 1 aliphatic rings. The number of hydrogen-bond donors (Lipinski definition) is 1. The number of amides is 1. The molecule has 0 bridgehead atoms. The lowest BCUT2D eigenvalue weighted by Crippen LogP contribution is -2.26. The summed E-state index contributed by atoms with van der Waals surface area (Å²) in [5.41, 5.74) is 1.32. The number of benzene rings is 1. The lowest BCUT2D eigenvalue weighted by molar-refractivity contribution is -0.120. The van der Waals surface area contributed by atoms with Crippen LogP contribution in [0.15, 0.2) is 30.3 Å². The van der Waals surface area contributed by atoms with Gasteiger partial charge in [-0.25, -0.2) is 0 Å². The quantitative estimate of drug-likeness (QED) is 0.749. The number of rotatable bonds is 8. The SMILES string of the molecule is O=C(CCSCc1ccccc1)NCCC1CCOC1. The van der Waals surface area contributed by atoms with Gasteiger partial charge in [0, 0.05) is 37.7 Å². The Morgan fingerprint density at radius 2 is 2.20 bits per heavy atom. The van der Waals surface area contributed by atoms with Crippen molar-refractivity contribution in [3.63, 3.8) is 0 Å². The third-order valence-electron chi connectivity index (χ3n) is 3.48. The van der Waals surface area contributed by atoms with Crippen LogP contribution in [0.4, 0.5) is 0 Å². The van der Waals surface area contributed by atoms with Crippen molar-refractivity contribution in [3.8, 4) is 0 Å². The normalized spacial score (nSPS) is 18.1. The Morgan fingerprint density at radius 3 is 2.95 bits per heavy atom. The van der Waals surface area contributed by atoms with E-state index in [1.807, 2.05) is 17.8 Å². The van der Waals surface area contributed by atoms with Crippen molar-refractivity contribution in [2.24, 2.45) is 5.92 Å². The fourth-order valence-corrected chi connectivity index (χ4v) is 3.15. The van der Waals surface area contributed by atoms with Gasteiger partial charge in [0.15, 0.2) is 0 Å². The maximum atomic E-state index is 11.7. The third-order valence-corrected chi connectivity index (χ3v) is 4.51. The van der Waals surface area contributed by atoms with Gasteiger partial charge in [0.05, 0.1) is 0 Å². The summed E-state index contributed by atoms with van der Waals surface area (Å²) < 4.78 is 5.32. The van der Waals surface area contributed by atoms with E-state index in [0.29, 0.717) is 12.3 Å². The highest BCUT2D eigenvalue weighted by Gasteiger charge is 2.15. The van der Waals surface area contributed by atoms with E-state index >= 15 is 0 Å². The van der Waals surface area contributed by atoms with Gasteiger partial charge in [-0.1, -0.05) is 30.3 Å². The highest BCUT2D eigenvalue weighted by Crippen LogP contribution is 2.15. The largest absolute Gasteiger partial charge is 0.381 e. The molecule has 0 aromatic heterocycles. The number of nitrogens with one attached hydrogen (secondary N) is 1. The maximum absolute atomic E-state index is 11.7. The Hall–Kier alpha value is -1.00. The van der Waals surface area contributed by atoms with Crippen molar-refractivity contribution in [1.29, 1.82) is 0 Å². The van der Waals surface area contributed by atoms with Crippen molar-refractivity contribution in [3.05, 3.63) is 35.9 Å². The van der Waals surface area contributed by atoms with Crippen molar-refractivity contribution < 1.29 is 9.53 Å². The molecule has 4 heteroatoms. The highest BCUT2D eigenvalue weighted by molar-refractivity contribution is 7.98. The van der Waals surface area contributed by atoms with Crippen LogP contribution in [-0.4, -0.2) is 31.4 Å². The van der Waals surface area contributed by atoms with E-state index in [-0.39, 0.29) is 5.91 Å². The third kappa shape index (κ3) is 5.97. The highest BCUT2D eigenvalue weighted by atomic mass is 32.2. The predicted octanol–water partition coefficient (Wildman–Crippen LogP) is 2.85. The van der Waals surface area contributed by atoms with Crippen LogP contribution in [0.3, 0.4) is 0 Å². The van der Waals surface area contributed by atoms with Crippen LogP contribution < -0.4 is 5.32 Å². The van der Waals surface area contributed by atoms with Crippen molar-refractivity contribution >= 4 is 17.7 Å². The molecule has 0 aliphatic carbocycles. The van der Waals surface area contributed by atoms with E-state index in [4.69, 9.17) is 4.74 Å². The van der Waals surface area contributed by atoms with E-state index in [2.05, 4.69) is 29.6 Å². The van der Waals surface area contributed by atoms with E-state index < -0.39 is 0 Å². The lowest BCUT2D eigenvalue weighted by atomic mass is 10.1. The van der Waals surface area contributed by atoms with Crippen LogP contribution in [0.25, 0.3) is 0 Å². The molecule has 0 spiro atoms. The summed E-state index contributed by atoms with van der Waals surface area (Å²) in [5, 5.41) is 3.00. The van der Waals surface area contributed by atoms with Gasteiger partial charge in [0.1, 0.15) is 0 Å². The zero-order valence-corrected chi connectivity index (χ0v) is 12.7. The summed E-state index contributed by atoms with van der Waals surface area (Å²) in [5.74, 6) is 2.67. The van der Waals surface area contributed by atoms with Gasteiger partial charge in [-0.2, -0.15) is 11.8 Å². The molecule has 0 saturated carbocycles. The minimum absolute atomic E-state index is 0.171. The topological polar surface area (TPSA) is 38.3 Å². The summed E-state index contributed by atoms with van der Waals surface area (Å²) in [4.78, 5) is 11.7. The number of thioether (sulfide) groups is 1. The number of carbonyl (C=O) groups is 1. The van der Waals surface area contributed by atoms with Gasteiger partial charge in [0.25, 0.3) is 0 Å². The number of ether oxygens (including phenoxy) is 1. The van der Waals surface area contributed by atoms with Gasteiger partial charge in [0.2, 0.25) is 5.91 Å². The molecule has 0 radical (unpaired) electrons. The van der Waals surface area contributed by atoms with E-state index in [1.165, 1.54) is 5.56 Å². The van der Waals surface area contributed by atoms with Gasteiger partial charge in [-0.05, 0) is 24.3 Å². The molecule has 1 unspecified atom stereocenters. The second-order valence-corrected chi connectivity index (χ2v) is 6.26. The molecule has 1 saturated heterocycles. The Balaban J connectivity index is 1.47. The van der Waals surface area contributed by atoms with Crippen LogP contribution in [0.1, 0.15) is 24.8 Å². The molecule has 1 fully saturated rings. The number of hydrogen-bond acceptors (Lipinski definition) is 3. The second kappa shape index (κ2) is 9.03. The molecule has 1 aromatic carbocycles. The molecule has 1 aromatic rings.